The van der Waals surface area contributed by atoms with Crippen LogP contribution in [0.3, 0.4) is 0 Å². The van der Waals surface area contributed by atoms with E-state index in [1.165, 1.54) is 12.0 Å². The summed E-state index contributed by atoms with van der Waals surface area (Å²) in [5.41, 5.74) is 1.37. The van der Waals surface area contributed by atoms with Crippen LogP contribution in [-0.4, -0.2) is 19.2 Å². The molecule has 1 N–H and O–H groups in total. The molecule has 0 saturated carbocycles. The molecule has 0 aliphatic rings. The largest absolute Gasteiger partial charge is 0.491 e. The van der Waals surface area contributed by atoms with Crippen LogP contribution in [0.25, 0.3) is 0 Å². The second-order valence-corrected chi connectivity index (χ2v) is 4.84. The van der Waals surface area contributed by atoms with E-state index in [0.29, 0.717) is 5.92 Å². The average molecular weight is 235 g/mol. The van der Waals surface area contributed by atoms with Gasteiger partial charge >= 0.3 is 0 Å². The van der Waals surface area contributed by atoms with Crippen molar-refractivity contribution in [3.05, 3.63) is 29.8 Å². The van der Waals surface area contributed by atoms with Crippen LogP contribution in [0.2, 0.25) is 0 Å². The third-order valence-electron chi connectivity index (χ3n) is 2.70. The highest BCUT2D eigenvalue weighted by Crippen LogP contribution is 2.19. The first-order chi connectivity index (χ1) is 8.13. The van der Waals surface area contributed by atoms with Crippen LogP contribution in [0.5, 0.6) is 5.75 Å². The summed E-state index contributed by atoms with van der Waals surface area (Å²) >= 11 is 0. The van der Waals surface area contributed by atoms with Gasteiger partial charge in [-0.15, -0.1) is 0 Å². The smallest absolute Gasteiger partial charge is 0.119 e. The van der Waals surface area contributed by atoms with E-state index in [9.17, 15) is 0 Å². The zero-order valence-electron chi connectivity index (χ0n) is 11.5. The first-order valence-electron chi connectivity index (χ1n) is 6.60. The number of rotatable bonds is 7. The predicted octanol–water partition coefficient (Wildman–Crippen LogP) is 3.58. The summed E-state index contributed by atoms with van der Waals surface area (Å²) in [5, 5.41) is 3.45. The highest BCUT2D eigenvalue weighted by molar-refractivity contribution is 5.29. The second-order valence-electron chi connectivity index (χ2n) is 4.84. The molecule has 0 heterocycles. The molecule has 0 aliphatic heterocycles. The SMILES string of the molecule is CCCNCC(C)c1ccc(OC(C)C)cc1. The molecule has 17 heavy (non-hydrogen) atoms. The Hall–Kier alpha value is -1.02. The van der Waals surface area contributed by atoms with Crippen molar-refractivity contribution in [3.8, 4) is 5.75 Å². The first-order valence-corrected chi connectivity index (χ1v) is 6.60. The molecule has 0 saturated heterocycles. The summed E-state index contributed by atoms with van der Waals surface area (Å²) in [6, 6.07) is 8.45. The topological polar surface area (TPSA) is 21.3 Å². The summed E-state index contributed by atoms with van der Waals surface area (Å²) in [4.78, 5) is 0. The Morgan fingerprint density at radius 2 is 1.76 bits per heavy atom. The molecule has 1 rings (SSSR count). The number of benzene rings is 1. The fraction of sp³-hybridized carbons (Fsp3) is 0.600. The highest BCUT2D eigenvalue weighted by atomic mass is 16.5. The third-order valence-corrected chi connectivity index (χ3v) is 2.70. The molecule has 1 aromatic rings. The van der Waals surface area contributed by atoms with Crippen molar-refractivity contribution in [3.63, 3.8) is 0 Å². The molecule has 1 unspecified atom stereocenters. The van der Waals surface area contributed by atoms with Crippen LogP contribution in [0.15, 0.2) is 24.3 Å². The Labute approximate surface area is 105 Å². The van der Waals surface area contributed by atoms with Gasteiger partial charge < -0.3 is 10.1 Å². The van der Waals surface area contributed by atoms with Crippen molar-refractivity contribution in [2.75, 3.05) is 13.1 Å². The maximum Gasteiger partial charge on any atom is 0.119 e. The lowest BCUT2D eigenvalue weighted by Crippen LogP contribution is -2.20. The summed E-state index contributed by atoms with van der Waals surface area (Å²) in [7, 11) is 0. The quantitative estimate of drug-likeness (QED) is 0.729. The summed E-state index contributed by atoms with van der Waals surface area (Å²) < 4.78 is 5.63. The van der Waals surface area contributed by atoms with Crippen molar-refractivity contribution in [1.29, 1.82) is 0 Å². The Bertz CT molecular complexity index is 305. The molecule has 0 radical (unpaired) electrons. The molecule has 0 spiro atoms. The molecule has 96 valence electrons. The van der Waals surface area contributed by atoms with Gasteiger partial charge in [-0.2, -0.15) is 0 Å². The number of nitrogens with one attached hydrogen (secondary N) is 1. The van der Waals surface area contributed by atoms with E-state index in [2.05, 4.69) is 43.4 Å². The molecule has 1 aromatic carbocycles. The lowest BCUT2D eigenvalue weighted by atomic mass is 10.0. The van der Waals surface area contributed by atoms with E-state index in [0.717, 1.165) is 18.8 Å². The summed E-state index contributed by atoms with van der Waals surface area (Å²) in [6.07, 6.45) is 1.43. The molecular formula is C15H25NO. The van der Waals surface area contributed by atoms with E-state index in [4.69, 9.17) is 4.74 Å². The van der Waals surface area contributed by atoms with E-state index in [1.807, 2.05) is 13.8 Å². The standard InChI is InChI=1S/C15H25NO/c1-5-10-16-11-13(4)14-6-8-15(9-7-14)17-12(2)3/h6-9,12-13,16H,5,10-11H2,1-4H3. The lowest BCUT2D eigenvalue weighted by molar-refractivity contribution is 0.242. The highest BCUT2D eigenvalue weighted by Gasteiger charge is 2.05. The van der Waals surface area contributed by atoms with Crippen LogP contribution in [0, 0.1) is 0 Å². The van der Waals surface area contributed by atoms with Crippen LogP contribution < -0.4 is 10.1 Å². The first kappa shape index (κ1) is 14.0. The summed E-state index contributed by atoms with van der Waals surface area (Å²) in [6.45, 7) is 10.7. The van der Waals surface area contributed by atoms with Crippen LogP contribution in [-0.2, 0) is 0 Å². The minimum Gasteiger partial charge on any atom is -0.491 e. The Kier molecular flexibility index (Phi) is 6.06. The maximum atomic E-state index is 5.63. The van der Waals surface area contributed by atoms with Crippen molar-refractivity contribution >= 4 is 0 Å². The minimum absolute atomic E-state index is 0.240. The van der Waals surface area contributed by atoms with Crippen molar-refractivity contribution < 1.29 is 4.74 Å². The zero-order chi connectivity index (χ0) is 12.7. The van der Waals surface area contributed by atoms with E-state index < -0.39 is 0 Å². The minimum atomic E-state index is 0.240. The lowest BCUT2D eigenvalue weighted by Gasteiger charge is -2.14. The predicted molar refractivity (Wildman–Crippen MR) is 73.8 cm³/mol. The molecule has 1 atom stereocenters. The van der Waals surface area contributed by atoms with Gasteiger partial charge in [0.15, 0.2) is 0 Å². The number of hydrogen-bond donors (Lipinski definition) is 1. The van der Waals surface area contributed by atoms with Gasteiger partial charge in [0, 0.05) is 6.54 Å². The summed E-state index contributed by atoms with van der Waals surface area (Å²) in [5.74, 6) is 1.51. The fourth-order valence-corrected chi connectivity index (χ4v) is 1.76. The van der Waals surface area contributed by atoms with Gasteiger partial charge in [-0.3, -0.25) is 0 Å². The van der Waals surface area contributed by atoms with Gasteiger partial charge in [-0.25, -0.2) is 0 Å². The van der Waals surface area contributed by atoms with Crippen molar-refractivity contribution in [1.82, 2.24) is 5.32 Å². The molecular weight excluding hydrogens is 210 g/mol. The Morgan fingerprint density at radius 1 is 1.12 bits per heavy atom. The van der Waals surface area contributed by atoms with Crippen LogP contribution in [0.4, 0.5) is 0 Å². The monoisotopic (exact) mass is 235 g/mol. The van der Waals surface area contributed by atoms with E-state index in [-0.39, 0.29) is 6.10 Å². The van der Waals surface area contributed by atoms with Gasteiger partial charge in [-0.05, 0) is 50.4 Å². The van der Waals surface area contributed by atoms with Crippen LogP contribution in [0.1, 0.15) is 45.6 Å². The van der Waals surface area contributed by atoms with E-state index >= 15 is 0 Å². The second kappa shape index (κ2) is 7.33. The maximum absolute atomic E-state index is 5.63. The van der Waals surface area contributed by atoms with Crippen LogP contribution >= 0.6 is 0 Å². The molecule has 0 amide bonds. The Balaban J connectivity index is 2.48. The number of hydrogen-bond acceptors (Lipinski definition) is 2. The molecule has 0 fully saturated rings. The molecule has 2 nitrogen and oxygen atoms in total. The molecule has 2 heteroatoms. The molecule has 0 aromatic heterocycles. The number of ether oxygens (including phenoxy) is 1. The normalized spacial score (nSPS) is 12.8. The van der Waals surface area contributed by atoms with E-state index in [1.54, 1.807) is 0 Å². The molecule has 0 bridgehead atoms. The van der Waals surface area contributed by atoms with Gasteiger partial charge in [0.1, 0.15) is 5.75 Å². The van der Waals surface area contributed by atoms with Gasteiger partial charge in [0.05, 0.1) is 6.10 Å². The van der Waals surface area contributed by atoms with Gasteiger partial charge in [-0.1, -0.05) is 26.0 Å². The van der Waals surface area contributed by atoms with Crippen molar-refractivity contribution in [2.24, 2.45) is 0 Å². The Morgan fingerprint density at radius 3 is 2.29 bits per heavy atom. The third kappa shape index (κ3) is 5.22. The fourth-order valence-electron chi connectivity index (χ4n) is 1.76. The zero-order valence-corrected chi connectivity index (χ0v) is 11.5. The van der Waals surface area contributed by atoms with Crippen molar-refractivity contribution in [2.45, 2.75) is 46.1 Å². The average Bonchev–Trinajstić information content (AvgIpc) is 2.29. The molecule has 0 aliphatic carbocycles. The van der Waals surface area contributed by atoms with Gasteiger partial charge in [0.25, 0.3) is 0 Å². The van der Waals surface area contributed by atoms with Gasteiger partial charge in [0.2, 0.25) is 0 Å².